The number of hydrogen-bond acceptors (Lipinski definition) is 3. The summed E-state index contributed by atoms with van der Waals surface area (Å²) in [7, 11) is 3.23. The van der Waals surface area contributed by atoms with Gasteiger partial charge in [-0.2, -0.15) is 0 Å². The number of nitrogens with zero attached hydrogens (tertiary/aromatic N) is 1. The molecule has 0 heterocycles. The number of carbonyl (C=O) groups excluding carboxylic acids is 1. The van der Waals surface area contributed by atoms with Crippen LogP contribution >= 0.6 is 0 Å². The predicted octanol–water partition coefficient (Wildman–Crippen LogP) is 5.85. The fraction of sp³-hybridized carbons (Fsp3) is 0.160. The lowest BCUT2D eigenvalue weighted by atomic mass is 10.1. The molecule has 3 aromatic carbocycles. The summed E-state index contributed by atoms with van der Waals surface area (Å²) < 4.78 is 10.4. The Bertz CT molecular complexity index is 981. The van der Waals surface area contributed by atoms with Gasteiger partial charge in [-0.15, -0.1) is 0 Å². The Morgan fingerprint density at radius 1 is 0.867 bits per heavy atom. The molecule has 0 unspecified atom stereocenters. The summed E-state index contributed by atoms with van der Waals surface area (Å²) in [6.45, 7) is 2.47. The largest absolute Gasteiger partial charge is 0.497 e. The molecule has 154 valence electrons. The summed E-state index contributed by atoms with van der Waals surface area (Å²) in [5, 5.41) is 2.96. The minimum absolute atomic E-state index is 0.217. The van der Waals surface area contributed by atoms with E-state index in [1.807, 2.05) is 85.8 Å². The zero-order valence-corrected chi connectivity index (χ0v) is 17.5. The molecule has 0 bridgehead atoms. The van der Waals surface area contributed by atoms with Crippen molar-refractivity contribution in [3.05, 3.63) is 90.0 Å². The Morgan fingerprint density at radius 2 is 1.43 bits per heavy atom. The number of methoxy groups -OCH3 is 2. The maximum atomic E-state index is 13.1. The normalized spacial score (nSPS) is 11.0. The van der Waals surface area contributed by atoms with Gasteiger partial charge in [0.05, 0.1) is 14.2 Å². The van der Waals surface area contributed by atoms with Crippen molar-refractivity contribution in [2.75, 3.05) is 31.0 Å². The number of anilines is 2. The molecule has 30 heavy (non-hydrogen) atoms. The lowest BCUT2D eigenvalue weighted by Crippen LogP contribution is -2.36. The fourth-order valence-corrected chi connectivity index (χ4v) is 3.04. The molecule has 3 rings (SSSR count). The number of amides is 2. The Labute approximate surface area is 177 Å². The smallest absolute Gasteiger partial charge is 0.326 e. The standard InChI is InChI=1S/C25H26N2O3/c1-19(17-20-7-5-4-6-8-20)18-27(22-11-15-24(30-3)16-12-22)25(28)26-21-9-13-23(29-2)14-10-21/h4-17H,18H2,1-3H3,(H,26,28)/b19-17+. The highest BCUT2D eigenvalue weighted by Gasteiger charge is 2.17. The zero-order chi connectivity index (χ0) is 21.3. The highest BCUT2D eigenvalue weighted by Crippen LogP contribution is 2.23. The monoisotopic (exact) mass is 402 g/mol. The molecule has 0 aromatic heterocycles. The molecule has 2 amide bonds. The topological polar surface area (TPSA) is 50.8 Å². The number of urea groups is 1. The van der Waals surface area contributed by atoms with Crippen LogP contribution in [0.4, 0.5) is 16.2 Å². The third kappa shape index (κ3) is 5.64. The van der Waals surface area contributed by atoms with E-state index in [4.69, 9.17) is 9.47 Å². The number of carbonyl (C=O) groups is 1. The van der Waals surface area contributed by atoms with Crippen molar-refractivity contribution in [3.63, 3.8) is 0 Å². The lowest BCUT2D eigenvalue weighted by molar-refractivity contribution is 0.257. The van der Waals surface area contributed by atoms with Crippen molar-refractivity contribution in [2.24, 2.45) is 0 Å². The van der Waals surface area contributed by atoms with Gasteiger partial charge in [-0.1, -0.05) is 42.0 Å². The van der Waals surface area contributed by atoms with Crippen molar-refractivity contribution in [1.29, 1.82) is 0 Å². The molecular weight excluding hydrogens is 376 g/mol. The SMILES string of the molecule is COc1ccc(NC(=O)N(C/C(C)=C/c2ccccc2)c2ccc(OC)cc2)cc1. The second kappa shape index (κ2) is 10.2. The van der Waals surface area contributed by atoms with Gasteiger partial charge in [-0.05, 0) is 61.0 Å². The number of rotatable bonds is 7. The zero-order valence-electron chi connectivity index (χ0n) is 17.5. The first-order valence-electron chi connectivity index (χ1n) is 9.68. The van der Waals surface area contributed by atoms with Gasteiger partial charge in [-0.3, -0.25) is 4.90 Å². The quantitative estimate of drug-likeness (QED) is 0.540. The molecule has 1 N–H and O–H groups in total. The van der Waals surface area contributed by atoms with E-state index in [1.165, 1.54) is 0 Å². The molecule has 0 aliphatic rings. The number of nitrogens with one attached hydrogen (secondary N) is 1. The van der Waals surface area contributed by atoms with Crippen LogP contribution in [0.3, 0.4) is 0 Å². The third-order valence-electron chi connectivity index (χ3n) is 4.59. The van der Waals surface area contributed by atoms with Crippen LogP contribution in [0, 0.1) is 0 Å². The molecular formula is C25H26N2O3. The molecule has 0 fully saturated rings. The van der Waals surface area contributed by atoms with Crippen LogP contribution in [0.25, 0.3) is 6.08 Å². The molecule has 0 aliphatic heterocycles. The summed E-state index contributed by atoms with van der Waals surface area (Å²) in [6, 6.07) is 24.5. The van der Waals surface area contributed by atoms with Crippen LogP contribution in [0.15, 0.2) is 84.4 Å². The van der Waals surface area contributed by atoms with E-state index in [9.17, 15) is 4.79 Å². The van der Waals surface area contributed by atoms with E-state index < -0.39 is 0 Å². The average molecular weight is 402 g/mol. The predicted molar refractivity (Wildman–Crippen MR) is 122 cm³/mol. The van der Waals surface area contributed by atoms with Crippen molar-refractivity contribution in [1.82, 2.24) is 0 Å². The summed E-state index contributed by atoms with van der Waals surface area (Å²) in [5.41, 5.74) is 3.63. The van der Waals surface area contributed by atoms with Gasteiger partial charge in [0.2, 0.25) is 0 Å². The van der Waals surface area contributed by atoms with E-state index in [1.54, 1.807) is 19.1 Å². The van der Waals surface area contributed by atoms with Gasteiger partial charge in [0.15, 0.2) is 0 Å². The molecule has 5 heteroatoms. The number of benzene rings is 3. The molecule has 0 aliphatic carbocycles. The van der Waals surface area contributed by atoms with E-state index in [0.717, 1.165) is 28.3 Å². The second-order valence-electron chi connectivity index (χ2n) is 6.84. The van der Waals surface area contributed by atoms with Crippen LogP contribution in [0.1, 0.15) is 12.5 Å². The molecule has 5 nitrogen and oxygen atoms in total. The molecule has 0 saturated carbocycles. The van der Waals surface area contributed by atoms with Gasteiger partial charge < -0.3 is 14.8 Å². The highest BCUT2D eigenvalue weighted by atomic mass is 16.5. The molecule has 0 atom stereocenters. The Hall–Kier alpha value is -3.73. The average Bonchev–Trinajstić information content (AvgIpc) is 2.78. The van der Waals surface area contributed by atoms with Gasteiger partial charge in [-0.25, -0.2) is 4.79 Å². The van der Waals surface area contributed by atoms with Gasteiger partial charge in [0.1, 0.15) is 11.5 Å². The summed E-state index contributed by atoms with van der Waals surface area (Å²) in [6.07, 6.45) is 2.08. The first-order chi connectivity index (χ1) is 14.6. The third-order valence-corrected chi connectivity index (χ3v) is 4.59. The minimum Gasteiger partial charge on any atom is -0.497 e. The van der Waals surface area contributed by atoms with Crippen LogP contribution < -0.4 is 19.7 Å². The Balaban J connectivity index is 1.83. The van der Waals surface area contributed by atoms with Gasteiger partial charge in [0.25, 0.3) is 0 Å². The van der Waals surface area contributed by atoms with Crippen LogP contribution in [0.5, 0.6) is 11.5 Å². The first kappa shape index (κ1) is 21.0. The maximum Gasteiger partial charge on any atom is 0.326 e. The molecule has 0 spiro atoms. The summed E-state index contributed by atoms with van der Waals surface area (Å²) in [5.74, 6) is 1.48. The molecule has 0 saturated heterocycles. The van der Waals surface area contributed by atoms with Crippen molar-refractivity contribution >= 4 is 23.5 Å². The minimum atomic E-state index is -0.217. The van der Waals surface area contributed by atoms with Crippen molar-refractivity contribution in [3.8, 4) is 11.5 Å². The van der Waals surface area contributed by atoms with Gasteiger partial charge in [0, 0.05) is 17.9 Å². The first-order valence-corrected chi connectivity index (χ1v) is 9.68. The van der Waals surface area contributed by atoms with Crippen molar-refractivity contribution in [2.45, 2.75) is 6.92 Å². The highest BCUT2D eigenvalue weighted by molar-refractivity contribution is 6.02. The Kier molecular flexibility index (Phi) is 7.11. The van der Waals surface area contributed by atoms with Crippen LogP contribution in [-0.4, -0.2) is 26.8 Å². The lowest BCUT2D eigenvalue weighted by Gasteiger charge is -2.24. The number of hydrogen-bond donors (Lipinski definition) is 1. The van der Waals surface area contributed by atoms with E-state index in [-0.39, 0.29) is 6.03 Å². The fourth-order valence-electron chi connectivity index (χ4n) is 3.04. The molecule has 0 radical (unpaired) electrons. The van der Waals surface area contributed by atoms with Crippen LogP contribution in [-0.2, 0) is 0 Å². The molecule has 3 aromatic rings. The van der Waals surface area contributed by atoms with Crippen molar-refractivity contribution < 1.29 is 14.3 Å². The second-order valence-corrected chi connectivity index (χ2v) is 6.84. The van der Waals surface area contributed by atoms with Crippen LogP contribution in [0.2, 0.25) is 0 Å². The van der Waals surface area contributed by atoms with Gasteiger partial charge >= 0.3 is 6.03 Å². The number of ether oxygens (including phenoxy) is 2. The maximum absolute atomic E-state index is 13.1. The Morgan fingerprint density at radius 3 is 2.00 bits per heavy atom. The van der Waals surface area contributed by atoms with E-state index in [0.29, 0.717) is 12.2 Å². The summed E-state index contributed by atoms with van der Waals surface area (Å²) in [4.78, 5) is 14.8. The van der Waals surface area contributed by atoms with E-state index >= 15 is 0 Å². The summed E-state index contributed by atoms with van der Waals surface area (Å²) >= 11 is 0. The van der Waals surface area contributed by atoms with E-state index in [2.05, 4.69) is 11.4 Å².